The van der Waals surface area contributed by atoms with Crippen LogP contribution in [-0.4, -0.2) is 114 Å². The SMILES string of the molecule is C[C@H](c1ccccc1[S-])N(C)C.C[C@H](c1ccccc1[S-])N(C)C.C[C@H](c1ccccc1[S-])N(C)C.C[C@H](c1ccccc1[S-])N(C)C.C[C@H](c1ccccc1[S-])N(C)C.C[C@H](c1ccccc1[S-])N(C)C.[Li+].[Li+].[Li+].[Li+].[Li+].[Li+]. The summed E-state index contributed by atoms with van der Waals surface area (Å²) in [4.78, 5) is 18.7. The molecular formula is C60H84Li6N6S6. The fraction of sp³-hybridized carbons (Fsp3) is 0.400. The summed E-state index contributed by atoms with van der Waals surface area (Å²) in [5.74, 6) is 0. The van der Waals surface area contributed by atoms with Crippen LogP contribution in [0.15, 0.2) is 175 Å². The molecule has 6 rings (SSSR count). The Bertz CT molecular complexity index is 2010. The average molecular weight is 1120 g/mol. The van der Waals surface area contributed by atoms with Gasteiger partial charge in [0.25, 0.3) is 0 Å². The van der Waals surface area contributed by atoms with Crippen LogP contribution in [-0.2, 0) is 75.8 Å². The third-order valence-corrected chi connectivity index (χ3v) is 15.1. The fourth-order valence-corrected chi connectivity index (χ4v) is 8.53. The molecule has 78 heavy (non-hydrogen) atoms. The Labute approximate surface area is 582 Å². The normalized spacial score (nSPS) is 12.3. The van der Waals surface area contributed by atoms with Crippen molar-refractivity contribution in [3.8, 4) is 0 Å². The Morgan fingerprint density at radius 2 is 0.295 bits per heavy atom. The summed E-state index contributed by atoms with van der Waals surface area (Å²) in [6.45, 7) is 12.9. The molecule has 396 valence electrons. The molecule has 0 unspecified atom stereocenters. The van der Waals surface area contributed by atoms with Gasteiger partial charge in [-0.05, 0) is 126 Å². The standard InChI is InChI=1S/6C10H15NS.6Li/c6*1-8(11(2)3)9-6-4-5-7-10(9)12;;;;;;/h6*4-8,12H,1-3H3;;;;;;/q;;;;;;6*+1/p-6/t6*8-;;;;;;/m111111....../s1. The van der Waals surface area contributed by atoms with Crippen LogP contribution >= 0.6 is 0 Å². The number of benzene rings is 6. The second kappa shape index (κ2) is 48.2. The van der Waals surface area contributed by atoms with Crippen LogP contribution in [0.3, 0.4) is 0 Å². The zero-order valence-corrected chi connectivity index (χ0v) is 57.4. The van der Waals surface area contributed by atoms with Gasteiger partial charge in [-0.3, -0.25) is 0 Å². The third kappa shape index (κ3) is 32.9. The summed E-state index contributed by atoms with van der Waals surface area (Å²) in [7, 11) is 24.7. The number of nitrogens with zero attached hydrogens (tertiary/aromatic N) is 6. The van der Waals surface area contributed by atoms with Gasteiger partial charge < -0.3 is 105 Å². The quantitative estimate of drug-likeness (QED) is 0.0870. The largest absolute Gasteiger partial charge is 1.00 e. The minimum Gasteiger partial charge on any atom is -0.779 e. The molecule has 0 N–H and O–H groups in total. The molecule has 0 amide bonds. The maximum Gasteiger partial charge on any atom is 1.00 e. The molecule has 0 saturated heterocycles. The first-order chi connectivity index (χ1) is 33.8. The van der Waals surface area contributed by atoms with Crippen molar-refractivity contribution < 1.29 is 113 Å². The second-order valence-electron chi connectivity index (χ2n) is 19.1. The summed E-state index contributed by atoms with van der Waals surface area (Å²) in [5, 5.41) is 0. The van der Waals surface area contributed by atoms with Crippen molar-refractivity contribution in [2.75, 3.05) is 84.6 Å². The molecule has 0 fully saturated rings. The average Bonchev–Trinajstić information content (AvgIpc) is 3.34. The van der Waals surface area contributed by atoms with Gasteiger partial charge in [0, 0.05) is 36.3 Å². The zero-order valence-electron chi connectivity index (χ0n) is 52.5. The Balaban J connectivity index is -0.000000196. The molecule has 6 nitrogen and oxygen atoms in total. The zero-order chi connectivity index (χ0) is 54.8. The van der Waals surface area contributed by atoms with Crippen LogP contribution in [0.5, 0.6) is 0 Å². The van der Waals surface area contributed by atoms with Gasteiger partial charge in [-0.2, -0.15) is 29.4 Å². The van der Waals surface area contributed by atoms with Gasteiger partial charge >= 0.3 is 113 Å². The molecule has 0 bridgehead atoms. The van der Waals surface area contributed by atoms with Gasteiger partial charge in [-0.25, -0.2) is 0 Å². The minimum atomic E-state index is 0. The second-order valence-corrected chi connectivity index (χ2v) is 21.7. The van der Waals surface area contributed by atoms with Crippen molar-refractivity contribution in [2.45, 2.75) is 107 Å². The third-order valence-electron chi connectivity index (χ3n) is 12.9. The van der Waals surface area contributed by atoms with Gasteiger partial charge in [0.15, 0.2) is 0 Å². The van der Waals surface area contributed by atoms with Crippen LogP contribution in [0.2, 0.25) is 0 Å². The molecule has 6 atom stereocenters. The van der Waals surface area contributed by atoms with Gasteiger partial charge in [-0.1, -0.05) is 179 Å². The summed E-state index contributed by atoms with van der Waals surface area (Å²) in [5.41, 5.74) is 7.40. The first-order valence-electron chi connectivity index (χ1n) is 24.3. The van der Waals surface area contributed by atoms with Crippen LogP contribution < -0.4 is 113 Å². The predicted octanol–water partition coefficient (Wildman–Crippen LogP) is -4.69. The Kier molecular flexibility index (Phi) is 55.2. The van der Waals surface area contributed by atoms with E-state index in [2.05, 4.69) is 192 Å². The number of rotatable bonds is 12. The Hall–Kier alpha value is -0.0156. The first kappa shape index (κ1) is 89.2. The van der Waals surface area contributed by atoms with Crippen molar-refractivity contribution >= 4 is 75.8 Å². The van der Waals surface area contributed by atoms with E-state index in [1.807, 2.05) is 109 Å². The van der Waals surface area contributed by atoms with E-state index in [9.17, 15) is 0 Å². The summed E-state index contributed by atoms with van der Waals surface area (Å²) >= 11 is 31.3. The molecule has 0 aromatic heterocycles. The van der Waals surface area contributed by atoms with Gasteiger partial charge in [-0.15, -0.1) is 0 Å². The topological polar surface area (TPSA) is 19.4 Å². The maximum atomic E-state index is 5.22. The van der Waals surface area contributed by atoms with Crippen molar-refractivity contribution in [1.82, 2.24) is 29.4 Å². The van der Waals surface area contributed by atoms with Gasteiger partial charge in [0.1, 0.15) is 0 Å². The monoisotopic (exact) mass is 1120 g/mol. The molecule has 0 heterocycles. The van der Waals surface area contributed by atoms with Crippen molar-refractivity contribution in [3.63, 3.8) is 0 Å². The Morgan fingerprint density at radius 3 is 0.372 bits per heavy atom. The van der Waals surface area contributed by atoms with E-state index in [1.54, 1.807) is 0 Å². The molecular weight excluding hydrogens is 1040 g/mol. The molecule has 0 radical (unpaired) electrons. The molecule has 6 aromatic rings. The molecule has 0 aliphatic rings. The van der Waals surface area contributed by atoms with Gasteiger partial charge in [0.05, 0.1) is 0 Å². The molecule has 6 aromatic carbocycles. The first-order valence-corrected chi connectivity index (χ1v) is 26.8. The van der Waals surface area contributed by atoms with E-state index >= 15 is 0 Å². The van der Waals surface area contributed by atoms with Crippen LogP contribution in [0.1, 0.15) is 111 Å². The van der Waals surface area contributed by atoms with Crippen molar-refractivity contribution in [2.24, 2.45) is 0 Å². The minimum absolute atomic E-state index is 0. The smallest absolute Gasteiger partial charge is 0.779 e. The maximum absolute atomic E-state index is 5.22. The van der Waals surface area contributed by atoms with E-state index in [0.717, 1.165) is 29.4 Å². The molecule has 0 aliphatic heterocycles. The van der Waals surface area contributed by atoms with E-state index < -0.39 is 0 Å². The van der Waals surface area contributed by atoms with E-state index in [-0.39, 0.29) is 113 Å². The van der Waals surface area contributed by atoms with E-state index in [4.69, 9.17) is 75.8 Å². The molecule has 0 aliphatic carbocycles. The fourth-order valence-electron chi connectivity index (χ4n) is 6.62. The van der Waals surface area contributed by atoms with Gasteiger partial charge in [0.2, 0.25) is 0 Å². The summed E-state index contributed by atoms with van der Waals surface area (Å²) < 4.78 is 0. The number of hydrogen-bond donors (Lipinski definition) is 0. The van der Waals surface area contributed by atoms with E-state index in [1.165, 1.54) is 33.4 Å². The van der Waals surface area contributed by atoms with Crippen LogP contribution in [0.4, 0.5) is 0 Å². The van der Waals surface area contributed by atoms with E-state index in [0.29, 0.717) is 36.3 Å². The molecule has 0 spiro atoms. The molecule has 0 saturated carbocycles. The molecule has 18 heteroatoms. The summed E-state index contributed by atoms with van der Waals surface area (Å²) in [6, 6.07) is 50.9. The van der Waals surface area contributed by atoms with Crippen molar-refractivity contribution in [1.29, 1.82) is 0 Å². The number of hydrogen-bond acceptors (Lipinski definition) is 12. The summed E-state index contributed by atoms with van der Waals surface area (Å²) in [6.07, 6.45) is 0. The van der Waals surface area contributed by atoms with Crippen molar-refractivity contribution in [3.05, 3.63) is 179 Å². The van der Waals surface area contributed by atoms with Crippen LogP contribution in [0.25, 0.3) is 0 Å². The predicted molar refractivity (Wildman–Crippen MR) is 325 cm³/mol. The Morgan fingerprint density at radius 1 is 0.205 bits per heavy atom. The van der Waals surface area contributed by atoms with Crippen LogP contribution in [0, 0.1) is 0 Å².